The van der Waals surface area contributed by atoms with Crippen LogP contribution in [0.15, 0.2) is 60.8 Å². The minimum atomic E-state index is 0.730. The maximum Gasteiger partial charge on any atom is 0.137 e. The second-order valence-electron chi connectivity index (χ2n) is 7.42. The normalized spacial score (nSPS) is 15.9. The molecule has 4 aromatic rings. The molecule has 5 heteroatoms. The van der Waals surface area contributed by atoms with Crippen molar-refractivity contribution < 1.29 is 0 Å². The van der Waals surface area contributed by atoms with E-state index in [0.717, 1.165) is 54.7 Å². The molecule has 4 nitrogen and oxygen atoms in total. The Hall–Kier alpha value is -2.40. The van der Waals surface area contributed by atoms with E-state index in [1.807, 2.05) is 18.3 Å². The maximum absolute atomic E-state index is 6.32. The summed E-state index contributed by atoms with van der Waals surface area (Å²) in [5.41, 5.74) is 4.34. The lowest BCUT2D eigenvalue weighted by atomic mass is 10.0. The van der Waals surface area contributed by atoms with Crippen LogP contribution in [0.3, 0.4) is 0 Å². The summed E-state index contributed by atoms with van der Waals surface area (Å²) in [6, 6.07) is 19.0. The number of fused-ring (bicyclic) bond motifs is 2. The number of benzene rings is 2. The Labute approximate surface area is 169 Å². The number of pyridine rings is 1. The summed E-state index contributed by atoms with van der Waals surface area (Å²) in [6.45, 7) is 5.13. The predicted molar refractivity (Wildman–Crippen MR) is 116 cm³/mol. The maximum atomic E-state index is 6.32. The van der Waals surface area contributed by atoms with Crippen molar-refractivity contribution in [3.63, 3.8) is 0 Å². The fourth-order valence-corrected chi connectivity index (χ4v) is 4.22. The molecule has 3 heterocycles. The largest absolute Gasteiger partial charge is 0.315 e. The van der Waals surface area contributed by atoms with Crippen LogP contribution in [0.5, 0.6) is 0 Å². The van der Waals surface area contributed by atoms with Crippen LogP contribution in [-0.4, -0.2) is 40.5 Å². The topological polar surface area (TPSA) is 32.6 Å². The molecule has 0 spiro atoms. The highest BCUT2D eigenvalue weighted by molar-refractivity contribution is 6.30. The van der Waals surface area contributed by atoms with Crippen LogP contribution in [0.25, 0.3) is 27.7 Å². The molecular formula is C23H23ClN4. The summed E-state index contributed by atoms with van der Waals surface area (Å²) >= 11 is 6.32. The van der Waals surface area contributed by atoms with Crippen LogP contribution in [0.2, 0.25) is 5.02 Å². The summed E-state index contributed by atoms with van der Waals surface area (Å²) < 4.78 is 2.16. The molecule has 1 N–H and O–H groups in total. The van der Waals surface area contributed by atoms with E-state index in [4.69, 9.17) is 16.6 Å². The Morgan fingerprint density at radius 1 is 0.964 bits per heavy atom. The van der Waals surface area contributed by atoms with E-state index in [2.05, 4.69) is 57.1 Å². The summed E-state index contributed by atoms with van der Waals surface area (Å²) in [7, 11) is 0. The number of nitrogens with one attached hydrogen (secondary N) is 1. The number of hydrogen-bond donors (Lipinski definition) is 1. The van der Waals surface area contributed by atoms with Crippen molar-refractivity contribution in [2.24, 2.45) is 0 Å². The van der Waals surface area contributed by atoms with E-state index >= 15 is 0 Å². The van der Waals surface area contributed by atoms with Gasteiger partial charge in [-0.3, -0.25) is 4.90 Å². The van der Waals surface area contributed by atoms with Gasteiger partial charge in [0, 0.05) is 31.4 Å². The van der Waals surface area contributed by atoms with Gasteiger partial charge >= 0.3 is 0 Å². The lowest BCUT2D eigenvalue weighted by Gasteiger charge is -2.20. The second kappa shape index (κ2) is 7.55. The van der Waals surface area contributed by atoms with Crippen molar-refractivity contribution in [2.75, 3.05) is 26.2 Å². The number of hydrogen-bond acceptors (Lipinski definition) is 3. The molecule has 1 aliphatic heterocycles. The van der Waals surface area contributed by atoms with Crippen LogP contribution in [0.1, 0.15) is 12.1 Å². The first-order valence-corrected chi connectivity index (χ1v) is 10.2. The highest BCUT2D eigenvalue weighted by atomic mass is 35.5. The zero-order chi connectivity index (χ0) is 18.9. The smallest absolute Gasteiger partial charge is 0.137 e. The van der Waals surface area contributed by atoms with Crippen LogP contribution < -0.4 is 5.32 Å². The summed E-state index contributed by atoms with van der Waals surface area (Å²) in [6.07, 6.45) is 3.16. The first kappa shape index (κ1) is 17.7. The Morgan fingerprint density at radius 2 is 1.86 bits per heavy atom. The molecule has 0 unspecified atom stereocenters. The molecule has 142 valence electrons. The third kappa shape index (κ3) is 3.39. The Kier molecular flexibility index (Phi) is 4.77. The van der Waals surface area contributed by atoms with Gasteiger partial charge in [0.05, 0.1) is 16.4 Å². The highest BCUT2D eigenvalue weighted by Gasteiger charge is 2.18. The van der Waals surface area contributed by atoms with Gasteiger partial charge in [0.15, 0.2) is 0 Å². The Bertz CT molecular complexity index is 1130. The molecule has 1 fully saturated rings. The van der Waals surface area contributed by atoms with E-state index in [-0.39, 0.29) is 0 Å². The molecular weight excluding hydrogens is 368 g/mol. The van der Waals surface area contributed by atoms with Crippen LogP contribution in [0, 0.1) is 0 Å². The van der Waals surface area contributed by atoms with Gasteiger partial charge in [-0.1, -0.05) is 48.0 Å². The average Bonchev–Trinajstić information content (AvgIpc) is 2.89. The number of imidazole rings is 1. The van der Waals surface area contributed by atoms with Gasteiger partial charge in [0.25, 0.3) is 0 Å². The molecule has 2 aromatic heterocycles. The lowest BCUT2D eigenvalue weighted by Crippen LogP contribution is -2.28. The van der Waals surface area contributed by atoms with E-state index in [1.165, 1.54) is 22.9 Å². The van der Waals surface area contributed by atoms with E-state index < -0.39 is 0 Å². The first-order chi connectivity index (χ1) is 13.8. The summed E-state index contributed by atoms with van der Waals surface area (Å²) in [4.78, 5) is 7.49. The second-order valence-corrected chi connectivity index (χ2v) is 7.86. The van der Waals surface area contributed by atoms with Crippen LogP contribution in [-0.2, 0) is 6.54 Å². The number of nitrogens with zero attached hydrogens (tertiary/aromatic N) is 3. The van der Waals surface area contributed by atoms with Gasteiger partial charge in [-0.15, -0.1) is 0 Å². The Morgan fingerprint density at radius 3 is 2.79 bits per heavy atom. The number of halogens is 1. The minimum absolute atomic E-state index is 0.730. The van der Waals surface area contributed by atoms with Crippen molar-refractivity contribution in [1.82, 2.24) is 19.6 Å². The third-order valence-corrected chi connectivity index (χ3v) is 5.73. The zero-order valence-corrected chi connectivity index (χ0v) is 16.5. The molecule has 0 bridgehead atoms. The zero-order valence-electron chi connectivity index (χ0n) is 15.7. The fraction of sp³-hybridized carbons (Fsp3) is 0.261. The van der Waals surface area contributed by atoms with E-state index in [1.54, 1.807) is 0 Å². The van der Waals surface area contributed by atoms with Crippen molar-refractivity contribution in [3.05, 3.63) is 71.5 Å². The predicted octanol–water partition coefficient (Wildman–Crippen LogP) is 4.60. The molecule has 1 aliphatic rings. The fourth-order valence-electron chi connectivity index (χ4n) is 4.06. The molecule has 2 aromatic carbocycles. The van der Waals surface area contributed by atoms with Crippen molar-refractivity contribution >= 4 is 28.0 Å². The quantitative estimate of drug-likeness (QED) is 0.554. The van der Waals surface area contributed by atoms with Crippen molar-refractivity contribution in [2.45, 2.75) is 13.0 Å². The van der Waals surface area contributed by atoms with E-state index in [9.17, 15) is 0 Å². The highest BCUT2D eigenvalue weighted by Crippen LogP contribution is 2.29. The SMILES string of the molecule is Clc1ccc2nc(-c3ccc4ccccc4c3)c(CN3CCCNCC3)n2c1. The van der Waals surface area contributed by atoms with Crippen LogP contribution >= 0.6 is 11.6 Å². The lowest BCUT2D eigenvalue weighted by molar-refractivity contribution is 0.281. The molecule has 0 aliphatic carbocycles. The first-order valence-electron chi connectivity index (χ1n) is 9.87. The minimum Gasteiger partial charge on any atom is -0.315 e. The molecule has 1 saturated heterocycles. The monoisotopic (exact) mass is 390 g/mol. The number of aromatic nitrogens is 2. The van der Waals surface area contributed by atoms with Crippen molar-refractivity contribution in [1.29, 1.82) is 0 Å². The van der Waals surface area contributed by atoms with Gasteiger partial charge in [-0.05, 0) is 48.5 Å². The van der Waals surface area contributed by atoms with Crippen LogP contribution in [0.4, 0.5) is 0 Å². The third-order valence-electron chi connectivity index (χ3n) is 5.51. The molecule has 0 saturated carbocycles. The molecule has 0 atom stereocenters. The van der Waals surface area contributed by atoms with Gasteiger partial charge < -0.3 is 9.72 Å². The van der Waals surface area contributed by atoms with Gasteiger partial charge in [0.1, 0.15) is 5.65 Å². The van der Waals surface area contributed by atoms with E-state index in [0.29, 0.717) is 0 Å². The molecule has 5 rings (SSSR count). The van der Waals surface area contributed by atoms with Gasteiger partial charge in [0.2, 0.25) is 0 Å². The standard InChI is InChI=1S/C23H23ClN4/c24-20-8-9-22-26-23(19-7-6-17-4-1-2-5-18(17)14-19)21(28(22)15-20)16-27-12-3-10-25-11-13-27/h1-2,4-9,14-15,25H,3,10-13,16H2. The van der Waals surface area contributed by atoms with Gasteiger partial charge in [-0.25, -0.2) is 4.98 Å². The van der Waals surface area contributed by atoms with Gasteiger partial charge in [-0.2, -0.15) is 0 Å². The Balaban J connectivity index is 1.63. The molecule has 0 radical (unpaired) electrons. The van der Waals surface area contributed by atoms with Crippen molar-refractivity contribution in [3.8, 4) is 11.3 Å². The average molecular weight is 391 g/mol. The summed E-state index contributed by atoms with van der Waals surface area (Å²) in [5, 5.41) is 6.70. The summed E-state index contributed by atoms with van der Waals surface area (Å²) in [5.74, 6) is 0. The number of rotatable bonds is 3. The molecule has 28 heavy (non-hydrogen) atoms. The molecule has 0 amide bonds.